The lowest BCUT2D eigenvalue weighted by Gasteiger charge is -2.07. The summed E-state index contributed by atoms with van der Waals surface area (Å²) in [6.07, 6.45) is 4.68. The predicted octanol–water partition coefficient (Wildman–Crippen LogP) is 2.42. The van der Waals surface area contributed by atoms with Crippen LogP contribution in [0.1, 0.15) is 44.0 Å². The number of hydrogen-bond acceptors (Lipinski definition) is 3. The Morgan fingerprint density at radius 1 is 1.41 bits per heavy atom. The van der Waals surface area contributed by atoms with Gasteiger partial charge in [0.1, 0.15) is 6.54 Å². The summed E-state index contributed by atoms with van der Waals surface area (Å²) in [5.74, 6) is -0.173. The molecular weight excluding hydrogens is 218 g/mol. The van der Waals surface area contributed by atoms with E-state index in [9.17, 15) is 9.59 Å². The first kappa shape index (κ1) is 13.5. The second-order valence-electron chi connectivity index (χ2n) is 4.28. The number of carbonyl (C=O) groups excluding carboxylic acids is 2. The molecule has 0 saturated heterocycles. The SMILES string of the molecule is CCCC(=O)c1ccn(CC(=O)OC(C)C)c1. The minimum absolute atomic E-state index is 0.112. The second kappa shape index (κ2) is 6.23. The van der Waals surface area contributed by atoms with E-state index < -0.39 is 0 Å². The van der Waals surface area contributed by atoms with Crippen molar-refractivity contribution in [3.8, 4) is 0 Å². The summed E-state index contributed by atoms with van der Waals surface area (Å²) in [7, 11) is 0. The Labute approximate surface area is 102 Å². The van der Waals surface area contributed by atoms with Gasteiger partial charge in [-0.15, -0.1) is 0 Å². The molecule has 1 aromatic rings. The van der Waals surface area contributed by atoms with Crippen molar-refractivity contribution < 1.29 is 14.3 Å². The van der Waals surface area contributed by atoms with Gasteiger partial charge < -0.3 is 9.30 Å². The molecule has 0 bridgehead atoms. The monoisotopic (exact) mass is 237 g/mol. The van der Waals surface area contributed by atoms with E-state index >= 15 is 0 Å². The Balaban J connectivity index is 2.56. The van der Waals surface area contributed by atoms with Gasteiger partial charge in [0.2, 0.25) is 0 Å². The molecule has 1 heterocycles. The molecule has 1 rings (SSSR count). The second-order valence-corrected chi connectivity index (χ2v) is 4.28. The Kier molecular flexibility index (Phi) is 4.94. The molecule has 0 radical (unpaired) electrons. The number of hydrogen-bond donors (Lipinski definition) is 0. The highest BCUT2D eigenvalue weighted by Gasteiger charge is 2.09. The van der Waals surface area contributed by atoms with E-state index in [0.717, 1.165) is 6.42 Å². The molecule has 1 aromatic heterocycles. The highest BCUT2D eigenvalue weighted by Crippen LogP contribution is 2.07. The fourth-order valence-corrected chi connectivity index (χ4v) is 1.52. The van der Waals surface area contributed by atoms with Gasteiger partial charge in [-0.25, -0.2) is 0 Å². The van der Waals surface area contributed by atoms with Crippen molar-refractivity contribution in [3.63, 3.8) is 0 Å². The van der Waals surface area contributed by atoms with Gasteiger partial charge in [-0.1, -0.05) is 6.92 Å². The summed E-state index contributed by atoms with van der Waals surface area (Å²) >= 11 is 0. The lowest BCUT2D eigenvalue weighted by atomic mass is 10.1. The van der Waals surface area contributed by atoms with Gasteiger partial charge in [-0.2, -0.15) is 0 Å². The minimum atomic E-state index is -0.287. The van der Waals surface area contributed by atoms with E-state index in [4.69, 9.17) is 4.74 Å². The fourth-order valence-electron chi connectivity index (χ4n) is 1.52. The summed E-state index contributed by atoms with van der Waals surface area (Å²) in [5, 5.41) is 0. The highest BCUT2D eigenvalue weighted by molar-refractivity contribution is 5.95. The number of Topliss-reactive ketones (excluding diaryl/α,β-unsaturated/α-hetero) is 1. The lowest BCUT2D eigenvalue weighted by molar-refractivity contribution is -0.148. The molecule has 4 heteroatoms. The van der Waals surface area contributed by atoms with Crippen molar-refractivity contribution >= 4 is 11.8 Å². The minimum Gasteiger partial charge on any atom is -0.462 e. The van der Waals surface area contributed by atoms with Crippen molar-refractivity contribution in [2.24, 2.45) is 0 Å². The van der Waals surface area contributed by atoms with Gasteiger partial charge in [0.25, 0.3) is 0 Å². The third kappa shape index (κ3) is 4.43. The maximum absolute atomic E-state index is 11.6. The summed E-state index contributed by atoms with van der Waals surface area (Å²) < 4.78 is 6.70. The first-order chi connectivity index (χ1) is 8.02. The topological polar surface area (TPSA) is 48.3 Å². The van der Waals surface area contributed by atoms with Crippen LogP contribution in [-0.2, 0) is 16.1 Å². The normalized spacial score (nSPS) is 10.6. The maximum atomic E-state index is 11.6. The van der Waals surface area contributed by atoms with Crippen LogP contribution in [0.2, 0.25) is 0 Å². The Morgan fingerprint density at radius 2 is 2.12 bits per heavy atom. The number of ketones is 1. The van der Waals surface area contributed by atoms with Crippen LogP contribution in [0.25, 0.3) is 0 Å². The number of rotatable bonds is 6. The van der Waals surface area contributed by atoms with Crippen molar-refractivity contribution in [2.45, 2.75) is 46.3 Å². The van der Waals surface area contributed by atoms with Gasteiger partial charge in [0.15, 0.2) is 5.78 Å². The number of nitrogens with zero attached hydrogens (tertiary/aromatic N) is 1. The van der Waals surface area contributed by atoms with Crippen LogP contribution in [0.15, 0.2) is 18.5 Å². The van der Waals surface area contributed by atoms with Crippen molar-refractivity contribution in [2.75, 3.05) is 0 Å². The molecule has 0 amide bonds. The van der Waals surface area contributed by atoms with Crippen LogP contribution in [0, 0.1) is 0 Å². The molecular formula is C13H19NO3. The summed E-state index contributed by atoms with van der Waals surface area (Å²) in [4.78, 5) is 23.0. The molecule has 0 atom stereocenters. The average molecular weight is 237 g/mol. The molecule has 0 aliphatic rings. The Morgan fingerprint density at radius 3 is 2.71 bits per heavy atom. The molecule has 0 unspecified atom stereocenters. The molecule has 17 heavy (non-hydrogen) atoms. The van der Waals surface area contributed by atoms with E-state index in [1.54, 1.807) is 23.0 Å². The summed E-state index contributed by atoms with van der Waals surface area (Å²) in [6.45, 7) is 5.74. The summed E-state index contributed by atoms with van der Waals surface area (Å²) in [6, 6.07) is 1.74. The van der Waals surface area contributed by atoms with E-state index in [1.165, 1.54) is 0 Å². The maximum Gasteiger partial charge on any atom is 0.326 e. The van der Waals surface area contributed by atoms with Crippen LogP contribution < -0.4 is 0 Å². The van der Waals surface area contributed by atoms with Gasteiger partial charge in [-0.05, 0) is 26.3 Å². The zero-order valence-electron chi connectivity index (χ0n) is 10.6. The first-order valence-corrected chi connectivity index (χ1v) is 5.91. The van der Waals surface area contributed by atoms with Crippen LogP contribution in [0.4, 0.5) is 0 Å². The molecule has 0 aliphatic heterocycles. The van der Waals surface area contributed by atoms with Gasteiger partial charge in [-0.3, -0.25) is 9.59 Å². The summed E-state index contributed by atoms with van der Waals surface area (Å²) in [5.41, 5.74) is 0.657. The predicted molar refractivity (Wildman–Crippen MR) is 64.9 cm³/mol. The van der Waals surface area contributed by atoms with Gasteiger partial charge in [0, 0.05) is 24.4 Å². The van der Waals surface area contributed by atoms with Gasteiger partial charge >= 0.3 is 5.97 Å². The number of carbonyl (C=O) groups is 2. The number of aromatic nitrogens is 1. The van der Waals surface area contributed by atoms with E-state index in [2.05, 4.69) is 0 Å². The standard InChI is InChI=1S/C13H19NO3/c1-4-5-12(15)11-6-7-14(8-11)9-13(16)17-10(2)3/h6-8,10H,4-5,9H2,1-3H3. The van der Waals surface area contributed by atoms with Crippen LogP contribution in [-0.4, -0.2) is 22.4 Å². The van der Waals surface area contributed by atoms with Crippen LogP contribution >= 0.6 is 0 Å². The quantitative estimate of drug-likeness (QED) is 0.564. The zero-order valence-corrected chi connectivity index (χ0v) is 10.6. The molecule has 0 aromatic carbocycles. The largest absolute Gasteiger partial charge is 0.462 e. The van der Waals surface area contributed by atoms with Crippen molar-refractivity contribution in [1.82, 2.24) is 4.57 Å². The average Bonchev–Trinajstić information content (AvgIpc) is 2.65. The fraction of sp³-hybridized carbons (Fsp3) is 0.538. The molecule has 0 N–H and O–H groups in total. The van der Waals surface area contributed by atoms with Crippen molar-refractivity contribution in [1.29, 1.82) is 0 Å². The van der Waals surface area contributed by atoms with Crippen LogP contribution in [0.3, 0.4) is 0 Å². The Hall–Kier alpha value is -1.58. The molecule has 0 saturated carbocycles. The molecule has 0 aliphatic carbocycles. The molecule has 0 fully saturated rings. The first-order valence-electron chi connectivity index (χ1n) is 5.91. The van der Waals surface area contributed by atoms with E-state index in [-0.39, 0.29) is 24.4 Å². The molecule has 0 spiro atoms. The Bertz CT molecular complexity index is 393. The molecule has 4 nitrogen and oxygen atoms in total. The van der Waals surface area contributed by atoms with Gasteiger partial charge in [0.05, 0.1) is 6.10 Å². The van der Waals surface area contributed by atoms with Crippen molar-refractivity contribution in [3.05, 3.63) is 24.0 Å². The molecule has 94 valence electrons. The number of esters is 1. The van der Waals surface area contributed by atoms with E-state index in [0.29, 0.717) is 12.0 Å². The highest BCUT2D eigenvalue weighted by atomic mass is 16.5. The lowest BCUT2D eigenvalue weighted by Crippen LogP contribution is -2.16. The van der Waals surface area contributed by atoms with E-state index in [1.807, 2.05) is 20.8 Å². The number of ether oxygens (including phenoxy) is 1. The third-order valence-electron chi connectivity index (χ3n) is 2.23. The third-order valence-corrected chi connectivity index (χ3v) is 2.23. The smallest absolute Gasteiger partial charge is 0.326 e. The zero-order chi connectivity index (χ0) is 12.8. The van der Waals surface area contributed by atoms with Crippen LogP contribution in [0.5, 0.6) is 0 Å².